The van der Waals surface area contributed by atoms with E-state index in [1.54, 1.807) is 23.2 Å². The number of aryl methyl sites for hydroxylation is 1. The molecule has 1 fully saturated rings. The number of aromatic nitrogens is 1. The van der Waals surface area contributed by atoms with Gasteiger partial charge in [-0.25, -0.2) is 0 Å². The van der Waals surface area contributed by atoms with Gasteiger partial charge in [0.2, 0.25) is 0 Å². The molecule has 1 saturated heterocycles. The summed E-state index contributed by atoms with van der Waals surface area (Å²) in [4.78, 5) is 17.8. The quantitative estimate of drug-likeness (QED) is 0.729. The van der Waals surface area contributed by atoms with E-state index in [-0.39, 0.29) is 11.4 Å². The molecule has 4 nitrogen and oxygen atoms in total. The van der Waals surface area contributed by atoms with Crippen molar-refractivity contribution in [2.24, 2.45) is 5.73 Å². The van der Waals surface area contributed by atoms with Crippen LogP contribution in [0.25, 0.3) is 0 Å². The Bertz CT molecular complexity index is 393. The lowest BCUT2D eigenvalue weighted by Crippen LogP contribution is -2.66. The fourth-order valence-electron chi connectivity index (χ4n) is 1.85. The fraction of sp³-hybridized carbons (Fsp3) is 0.455. The van der Waals surface area contributed by atoms with Crippen LogP contribution in [0.15, 0.2) is 18.3 Å². The van der Waals surface area contributed by atoms with Crippen molar-refractivity contribution in [3.8, 4) is 0 Å². The molecule has 4 heteroatoms. The lowest BCUT2D eigenvalue weighted by Gasteiger charge is -2.45. The second kappa shape index (κ2) is 3.31. The molecular weight excluding hydrogens is 190 g/mol. The van der Waals surface area contributed by atoms with E-state index in [0.29, 0.717) is 18.7 Å². The Labute approximate surface area is 89.1 Å². The van der Waals surface area contributed by atoms with Crippen LogP contribution in [-0.4, -0.2) is 34.4 Å². The predicted octanol–water partition coefficient (Wildman–Crippen LogP) is 0.563. The van der Waals surface area contributed by atoms with Gasteiger partial charge in [-0.15, -0.1) is 0 Å². The van der Waals surface area contributed by atoms with E-state index in [1.165, 1.54) is 0 Å². The molecule has 0 bridgehead atoms. The van der Waals surface area contributed by atoms with Gasteiger partial charge in [-0.3, -0.25) is 9.78 Å². The van der Waals surface area contributed by atoms with E-state index in [0.717, 1.165) is 5.69 Å². The third-order valence-electron chi connectivity index (χ3n) is 2.63. The summed E-state index contributed by atoms with van der Waals surface area (Å²) in [7, 11) is 0. The largest absolute Gasteiger partial charge is 0.335 e. The first-order valence-corrected chi connectivity index (χ1v) is 4.99. The summed E-state index contributed by atoms with van der Waals surface area (Å²) in [6.07, 6.45) is 1.69. The highest BCUT2D eigenvalue weighted by Gasteiger charge is 2.38. The molecule has 0 aliphatic carbocycles. The highest BCUT2D eigenvalue weighted by molar-refractivity contribution is 5.95. The summed E-state index contributed by atoms with van der Waals surface area (Å²) in [5, 5.41) is 0. The van der Waals surface area contributed by atoms with Crippen molar-refractivity contribution in [1.82, 2.24) is 9.88 Å². The molecule has 2 rings (SSSR count). The van der Waals surface area contributed by atoms with Crippen LogP contribution in [0.3, 0.4) is 0 Å². The zero-order valence-corrected chi connectivity index (χ0v) is 9.03. The Balaban J connectivity index is 2.14. The topological polar surface area (TPSA) is 59.2 Å². The van der Waals surface area contributed by atoms with Gasteiger partial charge < -0.3 is 10.6 Å². The smallest absolute Gasteiger partial charge is 0.255 e. The summed E-state index contributed by atoms with van der Waals surface area (Å²) < 4.78 is 0. The molecule has 0 saturated carbocycles. The van der Waals surface area contributed by atoms with Gasteiger partial charge in [-0.05, 0) is 26.0 Å². The zero-order chi connectivity index (χ0) is 11.1. The van der Waals surface area contributed by atoms with Crippen molar-refractivity contribution >= 4 is 5.91 Å². The number of carbonyl (C=O) groups is 1. The van der Waals surface area contributed by atoms with Crippen molar-refractivity contribution in [2.75, 3.05) is 13.1 Å². The van der Waals surface area contributed by atoms with Crippen LogP contribution in [0.5, 0.6) is 0 Å². The van der Waals surface area contributed by atoms with Crippen molar-refractivity contribution in [3.63, 3.8) is 0 Å². The molecule has 2 heterocycles. The molecule has 80 valence electrons. The van der Waals surface area contributed by atoms with Gasteiger partial charge in [0.1, 0.15) is 0 Å². The predicted molar refractivity (Wildman–Crippen MR) is 57.5 cm³/mol. The summed E-state index contributed by atoms with van der Waals surface area (Å²) in [5.41, 5.74) is 7.09. The number of hydrogen-bond acceptors (Lipinski definition) is 3. The first kappa shape index (κ1) is 10.1. The molecule has 0 unspecified atom stereocenters. The van der Waals surface area contributed by atoms with Gasteiger partial charge in [0, 0.05) is 30.5 Å². The number of nitrogens with two attached hydrogens (primary N) is 1. The highest BCUT2D eigenvalue weighted by atomic mass is 16.2. The monoisotopic (exact) mass is 205 g/mol. The van der Waals surface area contributed by atoms with Crippen LogP contribution in [0.1, 0.15) is 23.0 Å². The number of amides is 1. The van der Waals surface area contributed by atoms with Gasteiger partial charge in [-0.1, -0.05) is 0 Å². The SMILES string of the molecule is Cc1ncccc1C(=O)N1CC(C)(N)C1. The molecule has 1 amide bonds. The van der Waals surface area contributed by atoms with Crippen molar-refractivity contribution in [3.05, 3.63) is 29.6 Å². The Kier molecular flexibility index (Phi) is 2.23. The molecule has 0 atom stereocenters. The number of carbonyl (C=O) groups excluding carboxylic acids is 1. The van der Waals surface area contributed by atoms with Crippen molar-refractivity contribution in [2.45, 2.75) is 19.4 Å². The fourth-order valence-corrected chi connectivity index (χ4v) is 1.85. The van der Waals surface area contributed by atoms with Crippen LogP contribution < -0.4 is 5.73 Å². The van der Waals surface area contributed by atoms with E-state index in [1.807, 2.05) is 13.8 Å². The molecule has 1 aromatic heterocycles. The molecule has 0 spiro atoms. The van der Waals surface area contributed by atoms with Gasteiger partial charge in [0.05, 0.1) is 5.56 Å². The van der Waals surface area contributed by atoms with Gasteiger partial charge in [0.25, 0.3) is 5.91 Å². The van der Waals surface area contributed by atoms with Crippen LogP contribution in [-0.2, 0) is 0 Å². The normalized spacial score (nSPS) is 18.5. The third-order valence-corrected chi connectivity index (χ3v) is 2.63. The second-order valence-electron chi connectivity index (χ2n) is 4.45. The van der Waals surface area contributed by atoms with Crippen LogP contribution in [0.2, 0.25) is 0 Å². The molecule has 15 heavy (non-hydrogen) atoms. The minimum absolute atomic E-state index is 0.0310. The maximum Gasteiger partial charge on any atom is 0.255 e. The van der Waals surface area contributed by atoms with E-state index >= 15 is 0 Å². The minimum Gasteiger partial charge on any atom is -0.335 e. The summed E-state index contributed by atoms with van der Waals surface area (Å²) in [6.45, 7) is 5.04. The first-order valence-electron chi connectivity index (χ1n) is 4.99. The van der Waals surface area contributed by atoms with Crippen LogP contribution in [0.4, 0.5) is 0 Å². The van der Waals surface area contributed by atoms with E-state index in [9.17, 15) is 4.79 Å². The van der Waals surface area contributed by atoms with Gasteiger partial charge >= 0.3 is 0 Å². The number of rotatable bonds is 1. The maximum absolute atomic E-state index is 12.0. The Morgan fingerprint density at radius 2 is 2.27 bits per heavy atom. The molecular formula is C11H15N3O. The van der Waals surface area contributed by atoms with E-state index in [4.69, 9.17) is 5.73 Å². The van der Waals surface area contributed by atoms with Crippen molar-refractivity contribution in [1.29, 1.82) is 0 Å². The Morgan fingerprint density at radius 3 is 2.80 bits per heavy atom. The number of likely N-dealkylation sites (tertiary alicyclic amines) is 1. The second-order valence-corrected chi connectivity index (χ2v) is 4.45. The highest BCUT2D eigenvalue weighted by Crippen LogP contribution is 2.20. The molecule has 2 N–H and O–H groups in total. The van der Waals surface area contributed by atoms with Crippen LogP contribution >= 0.6 is 0 Å². The third kappa shape index (κ3) is 1.85. The summed E-state index contributed by atoms with van der Waals surface area (Å²) in [5.74, 6) is 0.0310. The van der Waals surface area contributed by atoms with E-state index in [2.05, 4.69) is 4.98 Å². The number of pyridine rings is 1. The Hall–Kier alpha value is -1.42. The lowest BCUT2D eigenvalue weighted by molar-refractivity contribution is 0.0452. The first-order chi connectivity index (χ1) is 6.99. The minimum atomic E-state index is -0.216. The standard InChI is InChI=1S/C11H15N3O/c1-8-9(4-3-5-13-8)10(15)14-6-11(2,12)7-14/h3-5H,6-7,12H2,1-2H3. The molecule has 1 aliphatic rings. The van der Waals surface area contributed by atoms with Gasteiger partial charge in [0.15, 0.2) is 0 Å². The average Bonchev–Trinajstić information content (AvgIpc) is 2.14. The molecule has 0 radical (unpaired) electrons. The molecule has 1 aromatic rings. The average molecular weight is 205 g/mol. The van der Waals surface area contributed by atoms with Crippen LogP contribution in [0, 0.1) is 6.92 Å². The van der Waals surface area contributed by atoms with Gasteiger partial charge in [-0.2, -0.15) is 0 Å². The summed E-state index contributed by atoms with van der Waals surface area (Å²) in [6, 6.07) is 3.58. The number of hydrogen-bond donors (Lipinski definition) is 1. The summed E-state index contributed by atoms with van der Waals surface area (Å²) >= 11 is 0. The lowest BCUT2D eigenvalue weighted by atomic mass is 9.93. The molecule has 1 aliphatic heterocycles. The molecule has 0 aromatic carbocycles. The van der Waals surface area contributed by atoms with E-state index < -0.39 is 0 Å². The van der Waals surface area contributed by atoms with Crippen molar-refractivity contribution < 1.29 is 4.79 Å². The maximum atomic E-state index is 12.0. The number of nitrogens with zero attached hydrogens (tertiary/aromatic N) is 2. The Morgan fingerprint density at radius 1 is 1.60 bits per heavy atom. The zero-order valence-electron chi connectivity index (χ0n) is 9.03.